The van der Waals surface area contributed by atoms with Crippen LogP contribution in [0.1, 0.15) is 58.3 Å². The molecule has 0 bridgehead atoms. The van der Waals surface area contributed by atoms with E-state index in [2.05, 4.69) is 13.0 Å². The molecule has 7 atom stereocenters. The number of hydrogen-bond donors (Lipinski definition) is 2. The van der Waals surface area contributed by atoms with Crippen molar-refractivity contribution in [1.82, 2.24) is 0 Å². The molecule has 2 N–H and O–H groups in total. The smallest absolute Gasteiger partial charge is 0.161 e. The Labute approximate surface area is 157 Å². The van der Waals surface area contributed by atoms with E-state index in [1.807, 2.05) is 0 Å². The quantitative estimate of drug-likeness (QED) is 0.754. The first-order valence-corrected chi connectivity index (χ1v) is 10.5. The lowest BCUT2D eigenvalue weighted by Crippen LogP contribution is -2.53. The van der Waals surface area contributed by atoms with E-state index < -0.39 is 0 Å². The van der Waals surface area contributed by atoms with Crippen molar-refractivity contribution in [1.29, 1.82) is 0 Å². The molecule has 0 aromatic heterocycles. The number of aliphatic hydroxyl groups excluding tert-OH is 2. The predicted molar refractivity (Wildman–Crippen MR) is 99.5 cm³/mol. The fourth-order valence-electron chi connectivity index (χ4n) is 7.60. The lowest BCUT2D eigenvalue weighted by atomic mass is 9.47. The Morgan fingerprint density at radius 1 is 1.23 bits per heavy atom. The van der Waals surface area contributed by atoms with Gasteiger partial charge in [0, 0.05) is 18.4 Å². The van der Waals surface area contributed by atoms with E-state index in [-0.39, 0.29) is 35.2 Å². The number of aliphatic hydroxyl groups is 2. The summed E-state index contributed by atoms with van der Waals surface area (Å²) >= 11 is 0. The molecule has 0 aromatic rings. The van der Waals surface area contributed by atoms with E-state index >= 15 is 0 Å². The predicted octanol–water partition coefficient (Wildman–Crippen LogP) is 3.11. The molecule has 26 heavy (non-hydrogen) atoms. The minimum atomic E-state index is -0.309. The maximum atomic E-state index is 12.4. The van der Waals surface area contributed by atoms with Gasteiger partial charge in [-0.3, -0.25) is 4.79 Å². The Kier molecular flexibility index (Phi) is 4.82. The van der Waals surface area contributed by atoms with Crippen molar-refractivity contribution < 1.29 is 19.7 Å². The Hall–Kier alpha value is -0.710. The Morgan fingerprint density at radius 3 is 2.77 bits per heavy atom. The SMILES string of the molecule is COC[C@]12CC[C@@H](O)CC1=CC[C@@H]1[C@@H]2CC[C@]2(C)[C@@H](C(=O)CO)CC[C@@H]12. The highest BCUT2D eigenvalue weighted by molar-refractivity contribution is 5.83. The van der Waals surface area contributed by atoms with Crippen LogP contribution in [-0.4, -0.2) is 42.4 Å². The minimum Gasteiger partial charge on any atom is -0.393 e. The summed E-state index contributed by atoms with van der Waals surface area (Å²) in [6.45, 7) is 2.76. The number of ether oxygens (including phenoxy) is 1. The van der Waals surface area contributed by atoms with Gasteiger partial charge in [0.15, 0.2) is 5.78 Å². The molecule has 146 valence electrons. The summed E-state index contributed by atoms with van der Waals surface area (Å²) in [4.78, 5) is 12.4. The number of rotatable bonds is 4. The summed E-state index contributed by atoms with van der Waals surface area (Å²) in [5.41, 5.74) is 1.58. The standard InChI is InChI=1S/C22H34O4/c1-21-9-8-18-16(17(21)5-6-19(21)20(25)12-23)4-3-14-11-15(24)7-10-22(14,18)13-26-2/h3,15-19,23-24H,4-13H2,1-2H3/t15-,16+,17+,18+,19-,21+,22-/m1/s1. The zero-order valence-electron chi connectivity index (χ0n) is 16.2. The second-order valence-electron chi connectivity index (χ2n) is 9.63. The highest BCUT2D eigenvalue weighted by Crippen LogP contribution is 2.66. The molecule has 3 fully saturated rings. The van der Waals surface area contributed by atoms with Crippen molar-refractivity contribution in [3.05, 3.63) is 11.6 Å². The molecular formula is C22H34O4. The van der Waals surface area contributed by atoms with Gasteiger partial charge in [-0.25, -0.2) is 0 Å². The topological polar surface area (TPSA) is 66.8 Å². The number of Topliss-reactive ketones (excluding diaryl/α,β-unsaturated/α-hetero) is 1. The lowest BCUT2D eigenvalue weighted by Gasteiger charge is -2.58. The van der Waals surface area contributed by atoms with Gasteiger partial charge in [0.2, 0.25) is 0 Å². The maximum absolute atomic E-state index is 12.4. The van der Waals surface area contributed by atoms with Crippen LogP contribution < -0.4 is 0 Å². The summed E-state index contributed by atoms with van der Waals surface area (Å²) in [6, 6.07) is 0. The average Bonchev–Trinajstić information content (AvgIpc) is 2.99. The van der Waals surface area contributed by atoms with Gasteiger partial charge in [-0.2, -0.15) is 0 Å². The van der Waals surface area contributed by atoms with E-state index in [0.717, 1.165) is 58.0 Å². The van der Waals surface area contributed by atoms with E-state index in [9.17, 15) is 15.0 Å². The van der Waals surface area contributed by atoms with Crippen molar-refractivity contribution in [2.75, 3.05) is 20.3 Å². The lowest BCUT2D eigenvalue weighted by molar-refractivity contribution is -0.133. The zero-order chi connectivity index (χ0) is 18.5. The molecule has 0 spiro atoms. The third-order valence-electron chi connectivity index (χ3n) is 8.75. The first kappa shape index (κ1) is 18.6. The normalized spacial score (nSPS) is 47.5. The molecule has 0 amide bonds. The molecule has 3 saturated carbocycles. The highest BCUT2D eigenvalue weighted by Gasteiger charge is 2.60. The van der Waals surface area contributed by atoms with E-state index in [1.54, 1.807) is 7.11 Å². The second-order valence-corrected chi connectivity index (χ2v) is 9.63. The molecule has 0 radical (unpaired) electrons. The third kappa shape index (κ3) is 2.56. The molecule has 0 aromatic carbocycles. The van der Waals surface area contributed by atoms with Crippen LogP contribution in [0.3, 0.4) is 0 Å². The molecule has 4 rings (SSSR count). The number of allylic oxidation sites excluding steroid dienone is 1. The van der Waals surface area contributed by atoms with Crippen LogP contribution in [0.25, 0.3) is 0 Å². The number of fused-ring (bicyclic) bond motifs is 5. The van der Waals surface area contributed by atoms with Gasteiger partial charge < -0.3 is 14.9 Å². The van der Waals surface area contributed by atoms with Gasteiger partial charge in [-0.1, -0.05) is 18.6 Å². The summed E-state index contributed by atoms with van der Waals surface area (Å²) in [5, 5.41) is 19.6. The number of carbonyl (C=O) groups excluding carboxylic acids is 1. The van der Waals surface area contributed by atoms with Gasteiger partial charge in [-0.15, -0.1) is 0 Å². The van der Waals surface area contributed by atoms with Crippen LogP contribution in [0.4, 0.5) is 0 Å². The number of hydrogen-bond acceptors (Lipinski definition) is 4. The summed E-state index contributed by atoms with van der Waals surface area (Å²) < 4.78 is 5.73. The number of methoxy groups -OCH3 is 1. The van der Waals surface area contributed by atoms with Crippen molar-refractivity contribution in [3.8, 4) is 0 Å². The van der Waals surface area contributed by atoms with Crippen molar-refractivity contribution in [2.45, 2.75) is 64.4 Å². The van der Waals surface area contributed by atoms with Crippen LogP contribution >= 0.6 is 0 Å². The molecule has 0 heterocycles. The first-order chi connectivity index (χ1) is 12.5. The molecule has 4 heteroatoms. The van der Waals surface area contributed by atoms with Crippen LogP contribution in [0, 0.1) is 34.5 Å². The van der Waals surface area contributed by atoms with Crippen LogP contribution in [0.2, 0.25) is 0 Å². The summed E-state index contributed by atoms with van der Waals surface area (Å²) in [6.07, 6.45) is 10.3. The zero-order valence-corrected chi connectivity index (χ0v) is 16.2. The van der Waals surface area contributed by atoms with Gasteiger partial charge in [0.1, 0.15) is 6.61 Å². The number of ketones is 1. The van der Waals surface area contributed by atoms with Crippen molar-refractivity contribution in [3.63, 3.8) is 0 Å². The maximum Gasteiger partial charge on any atom is 0.161 e. The average molecular weight is 363 g/mol. The van der Waals surface area contributed by atoms with Gasteiger partial charge in [0.05, 0.1) is 12.7 Å². The monoisotopic (exact) mass is 362 g/mol. The molecule has 4 aliphatic rings. The first-order valence-electron chi connectivity index (χ1n) is 10.5. The van der Waals surface area contributed by atoms with E-state index in [4.69, 9.17) is 4.74 Å². The van der Waals surface area contributed by atoms with Crippen LogP contribution in [0.5, 0.6) is 0 Å². The Balaban J connectivity index is 1.67. The van der Waals surface area contributed by atoms with Gasteiger partial charge in [0.25, 0.3) is 0 Å². The molecule has 4 aliphatic carbocycles. The van der Waals surface area contributed by atoms with Crippen molar-refractivity contribution >= 4 is 5.78 Å². The van der Waals surface area contributed by atoms with Gasteiger partial charge >= 0.3 is 0 Å². The largest absolute Gasteiger partial charge is 0.393 e. The third-order valence-corrected chi connectivity index (χ3v) is 8.75. The summed E-state index contributed by atoms with van der Waals surface area (Å²) in [7, 11) is 1.81. The fraction of sp³-hybridized carbons (Fsp3) is 0.864. The Morgan fingerprint density at radius 2 is 2.04 bits per heavy atom. The minimum absolute atomic E-state index is 0.0374. The van der Waals surface area contributed by atoms with Crippen molar-refractivity contribution in [2.24, 2.45) is 34.5 Å². The van der Waals surface area contributed by atoms with Gasteiger partial charge in [-0.05, 0) is 74.5 Å². The van der Waals surface area contributed by atoms with Crippen LogP contribution in [0.15, 0.2) is 11.6 Å². The second kappa shape index (κ2) is 6.72. The highest BCUT2D eigenvalue weighted by atomic mass is 16.5. The molecule has 0 unspecified atom stereocenters. The van der Waals surface area contributed by atoms with E-state index in [1.165, 1.54) is 5.57 Å². The van der Waals surface area contributed by atoms with E-state index in [0.29, 0.717) is 17.8 Å². The molecule has 0 aliphatic heterocycles. The summed E-state index contributed by atoms with van der Waals surface area (Å²) in [5.74, 6) is 1.87. The van der Waals surface area contributed by atoms with Crippen LogP contribution in [-0.2, 0) is 9.53 Å². The number of carbonyl (C=O) groups is 1. The molecule has 0 saturated heterocycles. The molecular weight excluding hydrogens is 328 g/mol. The Bertz CT molecular complexity index is 599. The molecule has 4 nitrogen and oxygen atoms in total. The fourth-order valence-corrected chi connectivity index (χ4v) is 7.60.